The number of aromatic nitrogens is 2. The van der Waals surface area contributed by atoms with E-state index in [4.69, 9.17) is 27.9 Å². The van der Waals surface area contributed by atoms with E-state index in [-0.39, 0.29) is 12.2 Å². The fourth-order valence-electron chi connectivity index (χ4n) is 2.97. The molecule has 0 radical (unpaired) electrons. The van der Waals surface area contributed by atoms with E-state index < -0.39 is 6.10 Å². The summed E-state index contributed by atoms with van der Waals surface area (Å²) in [5.41, 5.74) is 0.669. The standard InChI is InChI=1S/C21H25Cl2N2O2S/c1-3-15(2)27-20(21-5-4-10-28-21)13-25-9-8-24(14-25)12-19(26)17-7-6-16(22)11-18(17)23/h4-11,14-15,19-20,26H,3,12-13H2,1-2H3/q+1. The Labute approximate surface area is 179 Å². The number of rotatable bonds is 9. The van der Waals surface area contributed by atoms with Gasteiger partial charge in [0.05, 0.1) is 6.10 Å². The number of imidazole rings is 1. The number of thiophene rings is 1. The third-order valence-electron chi connectivity index (χ3n) is 4.66. The molecule has 0 saturated heterocycles. The van der Waals surface area contributed by atoms with Gasteiger partial charge in [-0.1, -0.05) is 42.3 Å². The zero-order valence-corrected chi connectivity index (χ0v) is 18.3. The minimum absolute atomic E-state index is 0.00596. The molecule has 0 fully saturated rings. The minimum Gasteiger partial charge on any atom is -0.384 e. The van der Waals surface area contributed by atoms with E-state index in [1.165, 1.54) is 4.88 Å². The van der Waals surface area contributed by atoms with E-state index in [2.05, 4.69) is 35.9 Å². The molecule has 3 unspecified atom stereocenters. The number of aliphatic hydroxyl groups excluding tert-OH is 1. The van der Waals surface area contributed by atoms with Gasteiger partial charge in [-0.3, -0.25) is 0 Å². The average Bonchev–Trinajstić information content (AvgIpc) is 3.33. The Hall–Kier alpha value is -1.37. The van der Waals surface area contributed by atoms with Gasteiger partial charge >= 0.3 is 0 Å². The number of halogens is 2. The molecule has 4 nitrogen and oxygen atoms in total. The molecule has 1 N–H and O–H groups in total. The Morgan fingerprint density at radius 2 is 2.11 bits per heavy atom. The smallest absolute Gasteiger partial charge is 0.243 e. The second-order valence-corrected chi connectivity index (χ2v) is 8.67. The van der Waals surface area contributed by atoms with Gasteiger partial charge in [0.2, 0.25) is 6.33 Å². The van der Waals surface area contributed by atoms with Crippen LogP contribution in [0.25, 0.3) is 0 Å². The molecule has 150 valence electrons. The van der Waals surface area contributed by atoms with Crippen LogP contribution in [-0.2, 0) is 17.8 Å². The summed E-state index contributed by atoms with van der Waals surface area (Å²) in [5, 5.41) is 13.7. The predicted molar refractivity (Wildman–Crippen MR) is 114 cm³/mol. The van der Waals surface area contributed by atoms with Crippen molar-refractivity contribution in [1.82, 2.24) is 4.57 Å². The lowest BCUT2D eigenvalue weighted by Crippen LogP contribution is -2.34. The summed E-state index contributed by atoms with van der Waals surface area (Å²) < 4.78 is 10.3. The lowest BCUT2D eigenvalue weighted by Gasteiger charge is -2.19. The molecule has 0 spiro atoms. The maximum absolute atomic E-state index is 10.6. The Morgan fingerprint density at radius 3 is 2.79 bits per heavy atom. The van der Waals surface area contributed by atoms with Gasteiger partial charge in [0.25, 0.3) is 0 Å². The van der Waals surface area contributed by atoms with Crippen LogP contribution in [0.3, 0.4) is 0 Å². The van der Waals surface area contributed by atoms with Crippen LogP contribution in [0.5, 0.6) is 0 Å². The van der Waals surface area contributed by atoms with Crippen molar-refractivity contribution in [2.45, 2.75) is 51.7 Å². The monoisotopic (exact) mass is 439 g/mol. The maximum atomic E-state index is 10.6. The first-order valence-corrected chi connectivity index (χ1v) is 11.0. The highest BCUT2D eigenvalue weighted by Gasteiger charge is 2.21. The van der Waals surface area contributed by atoms with Crippen molar-refractivity contribution >= 4 is 34.5 Å². The fourth-order valence-corrected chi connectivity index (χ4v) is 4.25. The van der Waals surface area contributed by atoms with Crippen molar-refractivity contribution in [3.63, 3.8) is 0 Å². The topological polar surface area (TPSA) is 38.3 Å². The van der Waals surface area contributed by atoms with Gasteiger partial charge in [-0.25, -0.2) is 9.13 Å². The highest BCUT2D eigenvalue weighted by atomic mass is 35.5. The molecular weight excluding hydrogens is 415 g/mol. The van der Waals surface area contributed by atoms with Crippen molar-refractivity contribution in [3.8, 4) is 0 Å². The van der Waals surface area contributed by atoms with Crippen LogP contribution in [0.15, 0.2) is 54.4 Å². The number of hydrogen-bond donors (Lipinski definition) is 1. The molecule has 28 heavy (non-hydrogen) atoms. The highest BCUT2D eigenvalue weighted by molar-refractivity contribution is 7.10. The van der Waals surface area contributed by atoms with Gasteiger partial charge in [-0.15, -0.1) is 11.3 Å². The summed E-state index contributed by atoms with van der Waals surface area (Å²) in [6.45, 7) is 5.35. The van der Waals surface area contributed by atoms with Crippen LogP contribution in [0.4, 0.5) is 0 Å². The normalized spacial score (nSPS) is 14.8. The zero-order chi connectivity index (χ0) is 20.1. The molecular formula is C21H25Cl2N2O2S+. The van der Waals surface area contributed by atoms with E-state index >= 15 is 0 Å². The molecule has 0 aliphatic heterocycles. The summed E-state index contributed by atoms with van der Waals surface area (Å²) >= 11 is 13.9. The summed E-state index contributed by atoms with van der Waals surface area (Å²) in [5.74, 6) is 0. The molecule has 7 heteroatoms. The third kappa shape index (κ3) is 5.58. The molecule has 2 aromatic heterocycles. The van der Waals surface area contributed by atoms with E-state index in [1.807, 2.05) is 23.3 Å². The molecule has 0 aliphatic rings. The molecule has 0 bridgehead atoms. The molecule has 0 amide bonds. The second-order valence-electron chi connectivity index (χ2n) is 6.85. The first kappa shape index (κ1) is 21.3. The largest absolute Gasteiger partial charge is 0.384 e. The van der Waals surface area contributed by atoms with E-state index in [1.54, 1.807) is 29.5 Å². The van der Waals surface area contributed by atoms with E-state index in [0.29, 0.717) is 22.2 Å². The summed E-state index contributed by atoms with van der Waals surface area (Å²) in [6.07, 6.45) is 6.39. The predicted octanol–water partition coefficient (Wildman–Crippen LogP) is 5.43. The van der Waals surface area contributed by atoms with Crippen molar-refractivity contribution < 1.29 is 14.4 Å². The van der Waals surface area contributed by atoms with Crippen LogP contribution in [0, 0.1) is 0 Å². The number of hydrogen-bond acceptors (Lipinski definition) is 3. The lowest BCUT2D eigenvalue weighted by atomic mass is 10.1. The number of nitrogens with zero attached hydrogens (tertiary/aromatic N) is 2. The van der Waals surface area contributed by atoms with Gasteiger partial charge in [0.15, 0.2) is 0 Å². The quantitative estimate of drug-likeness (QED) is 0.451. The van der Waals surface area contributed by atoms with Crippen LogP contribution in [0.1, 0.15) is 42.9 Å². The zero-order valence-electron chi connectivity index (χ0n) is 16.0. The number of aliphatic hydroxyl groups is 1. The lowest BCUT2D eigenvalue weighted by molar-refractivity contribution is -0.704. The first-order valence-electron chi connectivity index (χ1n) is 9.33. The minimum atomic E-state index is -0.713. The van der Waals surface area contributed by atoms with Gasteiger partial charge < -0.3 is 9.84 Å². The Balaban J connectivity index is 1.68. The van der Waals surface area contributed by atoms with Crippen molar-refractivity contribution in [1.29, 1.82) is 0 Å². The summed E-state index contributed by atoms with van der Waals surface area (Å²) in [6, 6.07) is 9.31. The van der Waals surface area contributed by atoms with Crippen LogP contribution >= 0.6 is 34.5 Å². The van der Waals surface area contributed by atoms with Crippen LogP contribution < -0.4 is 4.57 Å². The van der Waals surface area contributed by atoms with Crippen molar-refractivity contribution in [2.24, 2.45) is 0 Å². The number of ether oxygens (including phenoxy) is 1. The molecule has 3 atom stereocenters. The van der Waals surface area contributed by atoms with Crippen LogP contribution in [-0.4, -0.2) is 15.8 Å². The molecule has 3 rings (SSSR count). The first-order chi connectivity index (χ1) is 13.5. The van der Waals surface area contributed by atoms with Gasteiger partial charge in [-0.2, -0.15) is 0 Å². The van der Waals surface area contributed by atoms with Gasteiger partial charge in [0, 0.05) is 20.5 Å². The molecule has 3 aromatic rings. The van der Waals surface area contributed by atoms with Crippen molar-refractivity contribution in [3.05, 3.63) is 74.9 Å². The van der Waals surface area contributed by atoms with Crippen LogP contribution in [0.2, 0.25) is 10.0 Å². The average molecular weight is 440 g/mol. The molecule has 0 saturated carbocycles. The maximum Gasteiger partial charge on any atom is 0.243 e. The third-order valence-corrected chi connectivity index (χ3v) is 6.19. The second kappa shape index (κ2) is 9.90. The summed E-state index contributed by atoms with van der Waals surface area (Å²) in [7, 11) is 0. The SMILES string of the molecule is CCC(C)OC(Cn1cc[n+](CC(O)c2ccc(Cl)cc2Cl)c1)c1cccs1. The fraction of sp³-hybridized carbons (Fsp3) is 0.381. The Kier molecular flexibility index (Phi) is 7.55. The Morgan fingerprint density at radius 1 is 1.29 bits per heavy atom. The molecule has 1 aromatic carbocycles. The summed E-state index contributed by atoms with van der Waals surface area (Å²) in [4.78, 5) is 1.22. The molecule has 0 aliphatic carbocycles. The van der Waals surface area contributed by atoms with Gasteiger partial charge in [-0.05, 0) is 36.9 Å². The van der Waals surface area contributed by atoms with Crippen molar-refractivity contribution in [2.75, 3.05) is 0 Å². The van der Waals surface area contributed by atoms with Gasteiger partial charge in [0.1, 0.15) is 37.7 Å². The van der Waals surface area contributed by atoms with E-state index in [0.717, 1.165) is 13.0 Å². The highest BCUT2D eigenvalue weighted by Crippen LogP contribution is 2.27. The number of benzene rings is 1. The van der Waals surface area contributed by atoms with E-state index in [9.17, 15) is 5.11 Å². The molecule has 2 heterocycles. The Bertz CT molecular complexity index is 882.